The second-order valence-corrected chi connectivity index (χ2v) is 4.13. The van der Waals surface area contributed by atoms with E-state index in [0.717, 1.165) is 4.47 Å². The lowest BCUT2D eigenvalue weighted by Gasteiger charge is -2.16. The highest BCUT2D eigenvalue weighted by atomic mass is 79.9. The van der Waals surface area contributed by atoms with Crippen molar-refractivity contribution in [1.82, 2.24) is 5.32 Å². The molecular formula is C10H11BrN2O3. The van der Waals surface area contributed by atoms with Crippen LogP contribution in [0.3, 0.4) is 0 Å². The second kappa shape index (κ2) is 5.50. The summed E-state index contributed by atoms with van der Waals surface area (Å²) in [4.78, 5) is 21.4. The number of nitrogens with two attached hydrogens (primary N) is 1. The summed E-state index contributed by atoms with van der Waals surface area (Å²) in [6, 6.07) is 5.68. The third kappa shape index (κ3) is 3.90. The lowest BCUT2D eigenvalue weighted by atomic mass is 10.0. The molecule has 1 rings (SSSR count). The lowest BCUT2D eigenvalue weighted by Crippen LogP contribution is -2.34. The van der Waals surface area contributed by atoms with Crippen molar-refractivity contribution < 1.29 is 14.7 Å². The van der Waals surface area contributed by atoms with Crippen LogP contribution in [0.4, 0.5) is 4.79 Å². The molecule has 1 unspecified atom stereocenters. The molecule has 0 aliphatic heterocycles. The number of halogens is 1. The summed E-state index contributed by atoms with van der Waals surface area (Å²) in [6.45, 7) is 0. The molecule has 0 saturated heterocycles. The van der Waals surface area contributed by atoms with Crippen LogP contribution in [-0.2, 0) is 4.79 Å². The van der Waals surface area contributed by atoms with E-state index < -0.39 is 18.0 Å². The van der Waals surface area contributed by atoms with Gasteiger partial charge in [0.1, 0.15) is 0 Å². The highest BCUT2D eigenvalue weighted by molar-refractivity contribution is 9.10. The molecule has 0 saturated carbocycles. The van der Waals surface area contributed by atoms with Crippen LogP contribution in [0.25, 0.3) is 0 Å². The summed E-state index contributed by atoms with van der Waals surface area (Å²) < 4.78 is 0.812. The van der Waals surface area contributed by atoms with Crippen LogP contribution in [0.5, 0.6) is 0 Å². The number of hydrogen-bond acceptors (Lipinski definition) is 2. The number of amides is 2. The van der Waals surface area contributed by atoms with Gasteiger partial charge in [-0.05, 0) is 17.7 Å². The molecule has 0 spiro atoms. The molecule has 16 heavy (non-hydrogen) atoms. The van der Waals surface area contributed by atoms with Crippen molar-refractivity contribution in [2.45, 2.75) is 12.5 Å². The standard InChI is InChI=1S/C10H11BrN2O3/c11-7-3-1-2-6(4-7)8(5-9(14)15)13-10(12)16/h1-4,8H,5H2,(H,14,15)(H3,12,13,16). The second-order valence-electron chi connectivity index (χ2n) is 3.21. The van der Waals surface area contributed by atoms with Gasteiger partial charge in [0.2, 0.25) is 0 Å². The van der Waals surface area contributed by atoms with Gasteiger partial charge >= 0.3 is 12.0 Å². The zero-order valence-electron chi connectivity index (χ0n) is 8.31. The van der Waals surface area contributed by atoms with Gasteiger partial charge < -0.3 is 16.2 Å². The molecule has 0 aromatic heterocycles. The van der Waals surface area contributed by atoms with Crippen LogP contribution in [0.2, 0.25) is 0 Å². The number of urea groups is 1. The molecule has 0 aliphatic carbocycles. The highest BCUT2D eigenvalue weighted by Crippen LogP contribution is 2.20. The molecule has 2 amide bonds. The van der Waals surface area contributed by atoms with E-state index in [4.69, 9.17) is 10.8 Å². The maximum atomic E-state index is 10.8. The number of carbonyl (C=O) groups is 2. The average Bonchev–Trinajstić information content (AvgIpc) is 2.15. The van der Waals surface area contributed by atoms with Gasteiger partial charge in [-0.15, -0.1) is 0 Å². The van der Waals surface area contributed by atoms with Crippen molar-refractivity contribution in [3.63, 3.8) is 0 Å². The Balaban J connectivity index is 2.90. The third-order valence-electron chi connectivity index (χ3n) is 1.95. The minimum atomic E-state index is -1.00. The summed E-state index contributed by atoms with van der Waals surface area (Å²) in [7, 11) is 0. The first-order valence-electron chi connectivity index (χ1n) is 4.52. The quantitative estimate of drug-likeness (QED) is 0.785. The van der Waals surface area contributed by atoms with Crippen molar-refractivity contribution in [1.29, 1.82) is 0 Å². The van der Waals surface area contributed by atoms with Gasteiger partial charge in [0.15, 0.2) is 0 Å². The maximum absolute atomic E-state index is 10.8. The van der Waals surface area contributed by atoms with Gasteiger partial charge in [0, 0.05) is 4.47 Å². The normalized spacial score (nSPS) is 11.8. The minimum absolute atomic E-state index is 0.209. The van der Waals surface area contributed by atoms with Crippen molar-refractivity contribution in [2.75, 3.05) is 0 Å². The third-order valence-corrected chi connectivity index (χ3v) is 2.44. The summed E-state index contributed by atoms with van der Waals surface area (Å²) in [5.74, 6) is -1.00. The monoisotopic (exact) mass is 286 g/mol. The largest absolute Gasteiger partial charge is 0.481 e. The Morgan fingerprint density at radius 2 is 2.19 bits per heavy atom. The number of aliphatic carboxylic acids is 1. The van der Waals surface area contributed by atoms with Gasteiger partial charge in [-0.2, -0.15) is 0 Å². The Hall–Kier alpha value is -1.56. The predicted octanol–water partition coefficient (Wildman–Crippen LogP) is 1.63. The van der Waals surface area contributed by atoms with E-state index in [9.17, 15) is 9.59 Å². The van der Waals surface area contributed by atoms with Crippen LogP contribution in [-0.4, -0.2) is 17.1 Å². The number of carboxylic acids is 1. The molecule has 1 aromatic rings. The molecule has 1 atom stereocenters. The van der Waals surface area contributed by atoms with E-state index in [1.54, 1.807) is 18.2 Å². The van der Waals surface area contributed by atoms with Crippen LogP contribution < -0.4 is 11.1 Å². The summed E-state index contributed by atoms with van der Waals surface area (Å²) in [6.07, 6.45) is -0.209. The molecule has 86 valence electrons. The van der Waals surface area contributed by atoms with Crippen molar-refractivity contribution in [2.24, 2.45) is 5.73 Å². The van der Waals surface area contributed by atoms with Crippen LogP contribution in [0.15, 0.2) is 28.7 Å². The number of primary amides is 1. The number of benzene rings is 1. The Morgan fingerprint density at radius 1 is 1.50 bits per heavy atom. The molecular weight excluding hydrogens is 276 g/mol. The molecule has 4 N–H and O–H groups in total. The fraction of sp³-hybridized carbons (Fsp3) is 0.200. The van der Waals surface area contributed by atoms with Gasteiger partial charge in [0.25, 0.3) is 0 Å². The van der Waals surface area contributed by atoms with E-state index in [1.807, 2.05) is 6.07 Å². The van der Waals surface area contributed by atoms with E-state index in [1.165, 1.54) is 0 Å². The van der Waals surface area contributed by atoms with Gasteiger partial charge in [-0.25, -0.2) is 4.79 Å². The first-order valence-corrected chi connectivity index (χ1v) is 5.31. The molecule has 0 radical (unpaired) electrons. The van der Waals surface area contributed by atoms with Gasteiger partial charge in [0.05, 0.1) is 12.5 Å². The average molecular weight is 287 g/mol. The summed E-state index contributed by atoms with van der Waals surface area (Å²) in [5.41, 5.74) is 5.68. The molecule has 0 heterocycles. The zero-order valence-corrected chi connectivity index (χ0v) is 9.90. The van der Waals surface area contributed by atoms with Crippen molar-refractivity contribution in [3.8, 4) is 0 Å². The molecule has 6 heteroatoms. The Labute approximate surface area is 101 Å². The number of rotatable bonds is 4. The number of carboxylic acid groups (broad SMARTS) is 1. The van der Waals surface area contributed by atoms with E-state index in [-0.39, 0.29) is 6.42 Å². The van der Waals surface area contributed by atoms with E-state index in [2.05, 4.69) is 21.2 Å². The van der Waals surface area contributed by atoms with E-state index in [0.29, 0.717) is 5.56 Å². The van der Waals surface area contributed by atoms with Gasteiger partial charge in [-0.3, -0.25) is 4.79 Å². The summed E-state index contributed by atoms with van der Waals surface area (Å²) >= 11 is 3.27. The number of carbonyl (C=O) groups excluding carboxylic acids is 1. The maximum Gasteiger partial charge on any atom is 0.312 e. The fourth-order valence-corrected chi connectivity index (χ4v) is 1.74. The van der Waals surface area contributed by atoms with Crippen LogP contribution >= 0.6 is 15.9 Å². The van der Waals surface area contributed by atoms with Crippen LogP contribution in [0.1, 0.15) is 18.0 Å². The molecule has 0 bridgehead atoms. The number of nitrogens with one attached hydrogen (secondary N) is 1. The lowest BCUT2D eigenvalue weighted by molar-refractivity contribution is -0.137. The van der Waals surface area contributed by atoms with Crippen molar-refractivity contribution >= 4 is 27.9 Å². The Morgan fingerprint density at radius 3 is 2.69 bits per heavy atom. The van der Waals surface area contributed by atoms with Gasteiger partial charge in [-0.1, -0.05) is 28.1 Å². The molecule has 0 aliphatic rings. The smallest absolute Gasteiger partial charge is 0.312 e. The molecule has 5 nitrogen and oxygen atoms in total. The first-order chi connectivity index (χ1) is 7.49. The van der Waals surface area contributed by atoms with Crippen molar-refractivity contribution in [3.05, 3.63) is 34.3 Å². The van der Waals surface area contributed by atoms with Crippen LogP contribution in [0, 0.1) is 0 Å². The predicted molar refractivity (Wildman–Crippen MR) is 61.9 cm³/mol. The van der Waals surface area contributed by atoms with E-state index >= 15 is 0 Å². The SMILES string of the molecule is NC(=O)NC(CC(=O)O)c1cccc(Br)c1. The Kier molecular flexibility index (Phi) is 4.30. The Bertz CT molecular complexity index is 393. The fourth-order valence-electron chi connectivity index (χ4n) is 1.32. The zero-order chi connectivity index (χ0) is 12.1. The summed E-state index contributed by atoms with van der Waals surface area (Å²) in [5, 5.41) is 11.1. The molecule has 0 fully saturated rings. The first kappa shape index (κ1) is 12.5. The highest BCUT2D eigenvalue weighted by Gasteiger charge is 2.16. The number of hydrogen-bond donors (Lipinski definition) is 3. The minimum Gasteiger partial charge on any atom is -0.481 e. The topological polar surface area (TPSA) is 92.4 Å². The molecule has 1 aromatic carbocycles.